The van der Waals surface area contributed by atoms with E-state index >= 15 is 0 Å². The number of pyridine rings is 1. The third-order valence-electron chi connectivity index (χ3n) is 2.45. The highest BCUT2D eigenvalue weighted by atomic mass is 35.5. The fraction of sp³-hybridized carbons (Fsp3) is 0.182. The van der Waals surface area contributed by atoms with Crippen LogP contribution < -0.4 is 0 Å². The molecular formula is C11H9ClN2O4. The molecule has 2 aromatic rings. The smallest absolute Gasteiger partial charge is 0.356 e. The van der Waals surface area contributed by atoms with E-state index in [4.69, 9.17) is 21.8 Å². The number of rotatable bonds is 4. The van der Waals surface area contributed by atoms with Crippen LogP contribution in [0.4, 0.5) is 0 Å². The Kier molecular flexibility index (Phi) is 3.20. The van der Waals surface area contributed by atoms with Crippen LogP contribution in [0.5, 0.6) is 0 Å². The van der Waals surface area contributed by atoms with Crippen molar-refractivity contribution in [3.8, 4) is 0 Å². The molecule has 2 heterocycles. The van der Waals surface area contributed by atoms with E-state index in [1.54, 1.807) is 18.2 Å². The van der Waals surface area contributed by atoms with Crippen molar-refractivity contribution in [1.82, 2.24) is 9.38 Å². The first-order valence-corrected chi connectivity index (χ1v) is 5.49. The number of carboxylic acids is 2. The second-order valence-corrected chi connectivity index (χ2v) is 4.03. The lowest BCUT2D eigenvalue weighted by Crippen LogP contribution is -2.02. The van der Waals surface area contributed by atoms with Crippen LogP contribution in [0.25, 0.3) is 5.52 Å². The van der Waals surface area contributed by atoms with Gasteiger partial charge in [-0.05, 0) is 12.1 Å². The molecule has 18 heavy (non-hydrogen) atoms. The van der Waals surface area contributed by atoms with Crippen molar-refractivity contribution in [3.05, 3.63) is 34.9 Å². The minimum atomic E-state index is -1.17. The van der Waals surface area contributed by atoms with Gasteiger partial charge in [0.1, 0.15) is 11.0 Å². The van der Waals surface area contributed by atoms with Gasteiger partial charge in [0.2, 0.25) is 0 Å². The normalized spacial score (nSPS) is 10.7. The summed E-state index contributed by atoms with van der Waals surface area (Å²) in [5.41, 5.74) is 0.230. The molecule has 0 saturated heterocycles. The van der Waals surface area contributed by atoms with Crippen LogP contribution in [0, 0.1) is 0 Å². The van der Waals surface area contributed by atoms with Crippen LogP contribution >= 0.6 is 11.6 Å². The van der Waals surface area contributed by atoms with Crippen molar-refractivity contribution in [1.29, 1.82) is 0 Å². The van der Waals surface area contributed by atoms with E-state index in [0.717, 1.165) is 0 Å². The molecule has 0 saturated carbocycles. The number of aromatic carboxylic acids is 1. The number of aromatic nitrogens is 2. The van der Waals surface area contributed by atoms with E-state index < -0.39 is 11.9 Å². The lowest BCUT2D eigenvalue weighted by atomic mass is 10.3. The number of hydrogen-bond donors (Lipinski definition) is 2. The van der Waals surface area contributed by atoms with E-state index in [1.807, 2.05) is 0 Å². The number of carboxylic acid groups (broad SMARTS) is 2. The van der Waals surface area contributed by atoms with E-state index in [9.17, 15) is 9.59 Å². The predicted octanol–water partition coefficient (Wildman–Crippen LogP) is 1.70. The van der Waals surface area contributed by atoms with Crippen LogP contribution in [0.3, 0.4) is 0 Å². The first-order valence-electron chi connectivity index (χ1n) is 5.11. The molecule has 94 valence electrons. The Morgan fingerprint density at radius 1 is 1.33 bits per heavy atom. The molecule has 0 aliphatic carbocycles. The zero-order valence-electron chi connectivity index (χ0n) is 9.13. The quantitative estimate of drug-likeness (QED) is 0.824. The second-order valence-electron chi connectivity index (χ2n) is 3.64. The van der Waals surface area contributed by atoms with Crippen molar-refractivity contribution in [2.24, 2.45) is 0 Å². The zero-order valence-corrected chi connectivity index (χ0v) is 9.89. The molecule has 0 radical (unpaired) electrons. The summed E-state index contributed by atoms with van der Waals surface area (Å²) in [5, 5.41) is 18.0. The van der Waals surface area contributed by atoms with Crippen LogP contribution in [-0.4, -0.2) is 31.5 Å². The lowest BCUT2D eigenvalue weighted by Gasteiger charge is -2.01. The van der Waals surface area contributed by atoms with Crippen LogP contribution in [-0.2, 0) is 11.2 Å². The molecule has 2 rings (SSSR count). The molecule has 6 nitrogen and oxygen atoms in total. The number of hydrogen-bond acceptors (Lipinski definition) is 3. The van der Waals surface area contributed by atoms with E-state index in [2.05, 4.69) is 4.98 Å². The zero-order chi connectivity index (χ0) is 13.3. The third kappa shape index (κ3) is 2.14. The summed E-state index contributed by atoms with van der Waals surface area (Å²) in [6, 6.07) is 4.78. The summed E-state index contributed by atoms with van der Waals surface area (Å²) in [6.45, 7) is 0. The first kappa shape index (κ1) is 12.4. The molecule has 2 N–H and O–H groups in total. The van der Waals surface area contributed by atoms with Gasteiger partial charge in [-0.2, -0.15) is 0 Å². The van der Waals surface area contributed by atoms with Gasteiger partial charge < -0.3 is 10.2 Å². The van der Waals surface area contributed by atoms with Gasteiger partial charge in [0.25, 0.3) is 0 Å². The molecule has 0 aliphatic heterocycles. The Bertz CT molecular complexity index is 635. The van der Waals surface area contributed by atoms with Gasteiger partial charge in [0, 0.05) is 6.42 Å². The van der Waals surface area contributed by atoms with E-state index in [1.165, 1.54) is 4.40 Å². The summed E-state index contributed by atoms with van der Waals surface area (Å²) >= 11 is 5.98. The van der Waals surface area contributed by atoms with Crippen molar-refractivity contribution in [3.63, 3.8) is 0 Å². The summed E-state index contributed by atoms with van der Waals surface area (Å²) < 4.78 is 1.45. The number of fused-ring (bicyclic) bond motifs is 1. The average Bonchev–Trinajstić information content (AvgIpc) is 2.67. The number of carbonyl (C=O) groups is 2. The maximum absolute atomic E-state index is 11.0. The highest BCUT2D eigenvalue weighted by Crippen LogP contribution is 2.20. The number of aliphatic carboxylic acids is 1. The number of aryl methyl sites for hydroxylation is 1. The van der Waals surface area contributed by atoms with E-state index in [-0.39, 0.29) is 18.5 Å². The van der Waals surface area contributed by atoms with Crippen molar-refractivity contribution >= 4 is 29.1 Å². The average molecular weight is 269 g/mol. The SMILES string of the molecule is O=C(O)CCc1nc(C(=O)O)c2cccc(Cl)n12. The summed E-state index contributed by atoms with van der Waals surface area (Å²) in [4.78, 5) is 25.5. The minimum Gasteiger partial charge on any atom is -0.481 e. The molecule has 0 spiro atoms. The Labute approximate surface area is 106 Å². The molecule has 0 unspecified atom stereocenters. The molecule has 0 aliphatic rings. The fourth-order valence-corrected chi connectivity index (χ4v) is 1.97. The Hall–Kier alpha value is -2.08. The molecule has 0 atom stereocenters. The molecule has 0 bridgehead atoms. The van der Waals surface area contributed by atoms with Gasteiger partial charge in [0.05, 0.1) is 11.9 Å². The summed E-state index contributed by atoms with van der Waals surface area (Å²) in [5.74, 6) is -1.82. The summed E-state index contributed by atoms with van der Waals surface area (Å²) in [7, 11) is 0. The highest BCUT2D eigenvalue weighted by Gasteiger charge is 2.18. The molecule has 0 aromatic carbocycles. The monoisotopic (exact) mass is 268 g/mol. The van der Waals surface area contributed by atoms with E-state index in [0.29, 0.717) is 16.5 Å². The molecule has 7 heteroatoms. The lowest BCUT2D eigenvalue weighted by molar-refractivity contribution is -0.137. The minimum absolute atomic E-state index is 0.119. The van der Waals surface area contributed by atoms with Crippen molar-refractivity contribution < 1.29 is 19.8 Å². The maximum atomic E-state index is 11.0. The second kappa shape index (κ2) is 4.66. The standard InChI is InChI=1S/C11H9ClN2O4/c12-7-3-1-2-6-10(11(17)18)13-8(14(6)7)4-5-9(15)16/h1-3H,4-5H2,(H,15,16)(H,17,18). The Balaban J connectivity index is 2.58. The molecule has 0 amide bonds. The first-order chi connectivity index (χ1) is 8.50. The number of halogens is 1. The van der Waals surface area contributed by atoms with Crippen molar-refractivity contribution in [2.75, 3.05) is 0 Å². The number of imidazole rings is 1. The molecule has 2 aromatic heterocycles. The number of nitrogens with zero attached hydrogens (tertiary/aromatic N) is 2. The van der Waals surface area contributed by atoms with Gasteiger partial charge in [-0.15, -0.1) is 0 Å². The fourth-order valence-electron chi connectivity index (χ4n) is 1.71. The van der Waals surface area contributed by atoms with Gasteiger partial charge in [-0.25, -0.2) is 9.78 Å². The predicted molar refractivity (Wildman–Crippen MR) is 63.1 cm³/mol. The molecular weight excluding hydrogens is 260 g/mol. The highest BCUT2D eigenvalue weighted by molar-refractivity contribution is 6.29. The van der Waals surface area contributed by atoms with Gasteiger partial charge in [-0.3, -0.25) is 9.20 Å². The molecule has 0 fully saturated rings. The summed E-state index contributed by atoms with van der Waals surface area (Å²) in [6.07, 6.45) is -0.0170. The maximum Gasteiger partial charge on any atom is 0.356 e. The topological polar surface area (TPSA) is 91.9 Å². The van der Waals surface area contributed by atoms with Crippen LogP contribution in [0.15, 0.2) is 18.2 Å². The Morgan fingerprint density at radius 2 is 2.06 bits per heavy atom. The van der Waals surface area contributed by atoms with Crippen LogP contribution in [0.2, 0.25) is 5.15 Å². The largest absolute Gasteiger partial charge is 0.481 e. The van der Waals surface area contributed by atoms with Gasteiger partial charge in [-0.1, -0.05) is 17.7 Å². The van der Waals surface area contributed by atoms with Gasteiger partial charge >= 0.3 is 11.9 Å². The van der Waals surface area contributed by atoms with Crippen molar-refractivity contribution in [2.45, 2.75) is 12.8 Å². The Morgan fingerprint density at radius 3 is 2.67 bits per heavy atom. The van der Waals surface area contributed by atoms with Gasteiger partial charge in [0.15, 0.2) is 5.69 Å². The van der Waals surface area contributed by atoms with Crippen LogP contribution in [0.1, 0.15) is 22.7 Å². The third-order valence-corrected chi connectivity index (χ3v) is 2.74.